The lowest BCUT2D eigenvalue weighted by Crippen LogP contribution is -2.20. The lowest BCUT2D eigenvalue weighted by atomic mass is 10.3. The van der Waals surface area contributed by atoms with Crippen LogP contribution < -0.4 is 15.8 Å². The van der Waals surface area contributed by atoms with Crippen LogP contribution in [0.1, 0.15) is 5.56 Å². The first-order valence-electron chi connectivity index (χ1n) is 5.93. The number of anilines is 1. The Morgan fingerprint density at radius 1 is 1.11 bits per heavy atom. The Kier molecular flexibility index (Phi) is 4.55. The van der Waals surface area contributed by atoms with Crippen molar-refractivity contribution < 1.29 is 4.74 Å². The number of nitrogens with two attached hydrogens (primary N) is 1. The van der Waals surface area contributed by atoms with E-state index in [4.69, 9.17) is 10.5 Å². The van der Waals surface area contributed by atoms with Crippen LogP contribution in [0.15, 0.2) is 48.8 Å². The average Bonchev–Trinajstić information content (AvgIpc) is 2.42. The summed E-state index contributed by atoms with van der Waals surface area (Å²) < 4.78 is 5.57. The Morgan fingerprint density at radius 2 is 1.89 bits per heavy atom. The molecule has 0 aliphatic heterocycles. The second-order valence-electron chi connectivity index (χ2n) is 3.92. The molecule has 0 spiro atoms. The largest absolute Gasteiger partial charge is 0.490 e. The van der Waals surface area contributed by atoms with Gasteiger partial charge in [0.1, 0.15) is 12.4 Å². The third kappa shape index (κ3) is 3.75. The molecule has 2 aromatic rings. The van der Waals surface area contributed by atoms with Crippen molar-refractivity contribution in [3.8, 4) is 5.75 Å². The molecular weight excluding hydrogens is 226 g/mol. The van der Waals surface area contributed by atoms with Crippen molar-refractivity contribution in [2.45, 2.75) is 6.54 Å². The third-order valence-electron chi connectivity index (χ3n) is 2.53. The van der Waals surface area contributed by atoms with E-state index in [1.807, 2.05) is 36.4 Å². The number of nitrogen functional groups attached to an aromatic ring is 1. The minimum Gasteiger partial charge on any atom is -0.490 e. The SMILES string of the molecule is Nc1ccccc1OCCNCc1ccncc1. The molecule has 1 aromatic heterocycles. The molecule has 0 aliphatic rings. The summed E-state index contributed by atoms with van der Waals surface area (Å²) >= 11 is 0. The zero-order valence-corrected chi connectivity index (χ0v) is 10.2. The first-order valence-corrected chi connectivity index (χ1v) is 5.93. The molecule has 0 fully saturated rings. The molecule has 1 heterocycles. The summed E-state index contributed by atoms with van der Waals surface area (Å²) in [5, 5.41) is 3.30. The predicted octanol–water partition coefficient (Wildman–Crippen LogP) is 1.83. The molecule has 0 radical (unpaired) electrons. The van der Waals surface area contributed by atoms with Gasteiger partial charge < -0.3 is 15.8 Å². The molecule has 0 unspecified atom stereocenters. The van der Waals surface area contributed by atoms with Gasteiger partial charge in [0.25, 0.3) is 0 Å². The molecule has 3 N–H and O–H groups in total. The van der Waals surface area contributed by atoms with E-state index in [-0.39, 0.29) is 0 Å². The summed E-state index contributed by atoms with van der Waals surface area (Å²) in [4.78, 5) is 3.97. The van der Waals surface area contributed by atoms with E-state index in [0.717, 1.165) is 18.8 Å². The van der Waals surface area contributed by atoms with Gasteiger partial charge >= 0.3 is 0 Å². The number of nitrogens with one attached hydrogen (secondary N) is 1. The van der Waals surface area contributed by atoms with E-state index in [1.165, 1.54) is 5.56 Å². The maximum Gasteiger partial charge on any atom is 0.142 e. The zero-order valence-electron chi connectivity index (χ0n) is 10.2. The average molecular weight is 243 g/mol. The van der Waals surface area contributed by atoms with Crippen LogP contribution in [0.2, 0.25) is 0 Å². The second kappa shape index (κ2) is 6.61. The standard InChI is InChI=1S/C14H17N3O/c15-13-3-1-2-4-14(13)18-10-9-17-11-12-5-7-16-8-6-12/h1-8,17H,9-11,15H2. The fourth-order valence-electron chi connectivity index (χ4n) is 1.58. The van der Waals surface area contributed by atoms with Crippen molar-refractivity contribution in [1.29, 1.82) is 0 Å². The number of nitrogens with zero attached hydrogens (tertiary/aromatic N) is 1. The molecule has 0 atom stereocenters. The number of aromatic nitrogens is 1. The van der Waals surface area contributed by atoms with Crippen LogP contribution in [-0.2, 0) is 6.54 Å². The number of benzene rings is 1. The van der Waals surface area contributed by atoms with E-state index in [2.05, 4.69) is 10.3 Å². The quantitative estimate of drug-likeness (QED) is 0.600. The van der Waals surface area contributed by atoms with E-state index in [1.54, 1.807) is 12.4 Å². The monoisotopic (exact) mass is 243 g/mol. The maximum absolute atomic E-state index is 5.77. The maximum atomic E-state index is 5.77. The Bertz CT molecular complexity index is 473. The van der Waals surface area contributed by atoms with Crippen molar-refractivity contribution in [2.24, 2.45) is 0 Å². The van der Waals surface area contributed by atoms with Gasteiger partial charge in [-0.25, -0.2) is 0 Å². The van der Waals surface area contributed by atoms with Gasteiger partial charge in [-0.1, -0.05) is 12.1 Å². The van der Waals surface area contributed by atoms with Gasteiger partial charge in [0.15, 0.2) is 0 Å². The van der Waals surface area contributed by atoms with Crippen molar-refractivity contribution in [3.05, 3.63) is 54.4 Å². The molecule has 4 nitrogen and oxygen atoms in total. The topological polar surface area (TPSA) is 60.2 Å². The summed E-state index contributed by atoms with van der Waals surface area (Å²) in [6.45, 7) is 2.19. The highest BCUT2D eigenvalue weighted by Gasteiger charge is 1.97. The van der Waals surface area contributed by atoms with Gasteiger partial charge in [0, 0.05) is 25.5 Å². The van der Waals surface area contributed by atoms with Crippen LogP contribution in [0.5, 0.6) is 5.75 Å². The second-order valence-corrected chi connectivity index (χ2v) is 3.92. The lowest BCUT2D eigenvalue weighted by molar-refractivity contribution is 0.315. The van der Waals surface area contributed by atoms with E-state index >= 15 is 0 Å². The molecule has 0 bridgehead atoms. The lowest BCUT2D eigenvalue weighted by Gasteiger charge is -2.09. The molecule has 0 saturated heterocycles. The van der Waals surface area contributed by atoms with Crippen LogP contribution in [0.3, 0.4) is 0 Å². The first-order chi connectivity index (χ1) is 8.86. The van der Waals surface area contributed by atoms with Crippen LogP contribution >= 0.6 is 0 Å². The Hall–Kier alpha value is -2.07. The highest BCUT2D eigenvalue weighted by atomic mass is 16.5. The molecule has 1 aromatic carbocycles. The molecular formula is C14H17N3O. The summed E-state index contributed by atoms with van der Waals surface area (Å²) in [5.41, 5.74) is 7.66. The third-order valence-corrected chi connectivity index (χ3v) is 2.53. The molecule has 4 heteroatoms. The predicted molar refractivity (Wildman–Crippen MR) is 72.3 cm³/mol. The zero-order chi connectivity index (χ0) is 12.6. The van der Waals surface area contributed by atoms with Gasteiger partial charge in [-0.05, 0) is 29.8 Å². The summed E-state index contributed by atoms with van der Waals surface area (Å²) in [5.74, 6) is 0.739. The smallest absolute Gasteiger partial charge is 0.142 e. The number of hydrogen-bond donors (Lipinski definition) is 2. The van der Waals surface area contributed by atoms with Gasteiger partial charge in [0.05, 0.1) is 5.69 Å². The van der Waals surface area contributed by atoms with Crippen LogP contribution in [-0.4, -0.2) is 18.1 Å². The van der Waals surface area contributed by atoms with Crippen molar-refractivity contribution >= 4 is 5.69 Å². The van der Waals surface area contributed by atoms with Crippen LogP contribution in [0, 0.1) is 0 Å². The Morgan fingerprint density at radius 3 is 2.67 bits per heavy atom. The van der Waals surface area contributed by atoms with Crippen molar-refractivity contribution in [1.82, 2.24) is 10.3 Å². The summed E-state index contributed by atoms with van der Waals surface area (Å²) in [7, 11) is 0. The minimum absolute atomic E-state index is 0.597. The molecule has 18 heavy (non-hydrogen) atoms. The van der Waals surface area contributed by atoms with Gasteiger partial charge in [-0.15, -0.1) is 0 Å². The number of ether oxygens (including phenoxy) is 1. The molecule has 0 aliphatic carbocycles. The summed E-state index contributed by atoms with van der Waals surface area (Å²) in [6.07, 6.45) is 3.58. The van der Waals surface area contributed by atoms with Crippen molar-refractivity contribution in [3.63, 3.8) is 0 Å². The van der Waals surface area contributed by atoms with E-state index in [0.29, 0.717) is 12.3 Å². The van der Waals surface area contributed by atoms with Crippen molar-refractivity contribution in [2.75, 3.05) is 18.9 Å². The summed E-state index contributed by atoms with van der Waals surface area (Å²) in [6, 6.07) is 11.5. The molecule has 0 amide bonds. The Balaban J connectivity index is 1.66. The van der Waals surface area contributed by atoms with Crippen LogP contribution in [0.4, 0.5) is 5.69 Å². The Labute approximate surface area is 107 Å². The number of hydrogen-bond acceptors (Lipinski definition) is 4. The first kappa shape index (κ1) is 12.4. The molecule has 94 valence electrons. The van der Waals surface area contributed by atoms with Crippen LogP contribution in [0.25, 0.3) is 0 Å². The van der Waals surface area contributed by atoms with Gasteiger partial charge in [0.2, 0.25) is 0 Å². The normalized spacial score (nSPS) is 10.2. The number of rotatable bonds is 6. The highest BCUT2D eigenvalue weighted by Crippen LogP contribution is 2.19. The van der Waals surface area contributed by atoms with Gasteiger partial charge in [-0.2, -0.15) is 0 Å². The van der Waals surface area contributed by atoms with E-state index < -0.39 is 0 Å². The molecule has 2 rings (SSSR count). The number of para-hydroxylation sites is 2. The molecule has 0 saturated carbocycles. The fraction of sp³-hybridized carbons (Fsp3) is 0.214. The fourth-order valence-corrected chi connectivity index (χ4v) is 1.58. The number of pyridine rings is 1. The highest BCUT2D eigenvalue weighted by molar-refractivity contribution is 5.51. The van der Waals surface area contributed by atoms with E-state index in [9.17, 15) is 0 Å². The van der Waals surface area contributed by atoms with Gasteiger partial charge in [-0.3, -0.25) is 4.98 Å². The minimum atomic E-state index is 0.597.